The van der Waals surface area contributed by atoms with Crippen LogP contribution in [0.4, 0.5) is 13.2 Å². The number of alkyl halides is 3. The quantitative estimate of drug-likeness (QED) is 0.610. The minimum absolute atomic E-state index is 0.0472. The lowest BCUT2D eigenvalue weighted by molar-refractivity contribution is -0.138. The molecule has 0 saturated heterocycles. The number of hydrogen-bond donors (Lipinski definition) is 0. The van der Waals surface area contributed by atoms with Gasteiger partial charge < -0.3 is 9.42 Å². The van der Waals surface area contributed by atoms with Crippen LogP contribution >= 0.6 is 0 Å². The van der Waals surface area contributed by atoms with Crippen molar-refractivity contribution in [1.82, 2.24) is 15.0 Å². The zero-order valence-corrected chi connectivity index (χ0v) is 15.6. The molecule has 1 aliphatic rings. The Hall–Kier alpha value is -3.16. The van der Waals surface area contributed by atoms with Crippen LogP contribution in [0.25, 0.3) is 11.5 Å². The van der Waals surface area contributed by atoms with Gasteiger partial charge >= 0.3 is 6.18 Å². The average molecular weight is 401 g/mol. The molecule has 2 aromatic carbocycles. The van der Waals surface area contributed by atoms with Crippen LogP contribution in [0.3, 0.4) is 0 Å². The molecule has 0 spiro atoms. The molecule has 1 fully saturated rings. The second-order valence-electron chi connectivity index (χ2n) is 7.13. The maximum absolute atomic E-state index is 13.2. The van der Waals surface area contributed by atoms with Gasteiger partial charge in [-0.25, -0.2) is 0 Å². The van der Waals surface area contributed by atoms with E-state index in [1.54, 1.807) is 24.3 Å². The van der Waals surface area contributed by atoms with E-state index in [2.05, 4.69) is 10.1 Å². The summed E-state index contributed by atoms with van der Waals surface area (Å²) in [6, 6.07) is 11.8. The zero-order chi connectivity index (χ0) is 20.6. The van der Waals surface area contributed by atoms with Gasteiger partial charge in [0.25, 0.3) is 11.8 Å². The van der Waals surface area contributed by atoms with E-state index in [1.807, 2.05) is 0 Å². The molecule has 0 radical (unpaired) electrons. The van der Waals surface area contributed by atoms with Crippen molar-refractivity contribution in [3.05, 3.63) is 71.0 Å². The van der Waals surface area contributed by atoms with Gasteiger partial charge in [0.15, 0.2) is 5.82 Å². The van der Waals surface area contributed by atoms with Gasteiger partial charge in [0, 0.05) is 30.6 Å². The third-order valence-corrected chi connectivity index (χ3v) is 4.84. The first-order valence-corrected chi connectivity index (χ1v) is 9.17. The van der Waals surface area contributed by atoms with Crippen molar-refractivity contribution in [1.29, 1.82) is 0 Å². The second-order valence-corrected chi connectivity index (χ2v) is 7.13. The Morgan fingerprint density at radius 3 is 2.48 bits per heavy atom. The molecule has 0 aliphatic heterocycles. The third kappa shape index (κ3) is 4.16. The lowest BCUT2D eigenvalue weighted by Gasteiger charge is -2.20. The Morgan fingerprint density at radius 2 is 1.83 bits per heavy atom. The Bertz CT molecular complexity index is 1020. The van der Waals surface area contributed by atoms with Crippen LogP contribution in [-0.2, 0) is 12.7 Å². The number of carbonyl (C=O) groups excluding carboxylic acids is 1. The van der Waals surface area contributed by atoms with Crippen LogP contribution < -0.4 is 0 Å². The van der Waals surface area contributed by atoms with E-state index in [9.17, 15) is 18.0 Å². The van der Waals surface area contributed by atoms with E-state index >= 15 is 0 Å². The number of benzene rings is 2. The van der Waals surface area contributed by atoms with Gasteiger partial charge in [-0.05, 0) is 48.7 Å². The van der Waals surface area contributed by atoms with Crippen LogP contribution in [0.2, 0.25) is 0 Å². The highest BCUT2D eigenvalue weighted by Gasteiger charge is 2.33. The molecule has 1 aliphatic carbocycles. The predicted molar refractivity (Wildman–Crippen MR) is 99.0 cm³/mol. The maximum atomic E-state index is 13.2. The highest BCUT2D eigenvalue weighted by Crippen LogP contribution is 2.39. The number of aromatic nitrogens is 2. The van der Waals surface area contributed by atoms with Gasteiger partial charge in [0.1, 0.15) is 0 Å². The molecule has 8 heteroatoms. The van der Waals surface area contributed by atoms with Crippen LogP contribution in [0.15, 0.2) is 53.1 Å². The Morgan fingerprint density at radius 1 is 1.14 bits per heavy atom. The minimum Gasteiger partial charge on any atom is -0.337 e. The molecule has 1 aromatic heterocycles. The van der Waals surface area contributed by atoms with Gasteiger partial charge in [0.2, 0.25) is 0 Å². The summed E-state index contributed by atoms with van der Waals surface area (Å²) < 4.78 is 44.7. The number of nitrogens with zero attached hydrogens (tertiary/aromatic N) is 3. The smallest absolute Gasteiger partial charge is 0.337 e. The molecule has 0 atom stereocenters. The van der Waals surface area contributed by atoms with Gasteiger partial charge in [-0.2, -0.15) is 18.2 Å². The van der Waals surface area contributed by atoms with E-state index in [1.165, 1.54) is 30.1 Å². The third-order valence-electron chi connectivity index (χ3n) is 4.84. The molecule has 4 rings (SSSR count). The van der Waals surface area contributed by atoms with Crippen molar-refractivity contribution in [3.63, 3.8) is 0 Å². The van der Waals surface area contributed by atoms with E-state index in [0.717, 1.165) is 18.9 Å². The van der Waals surface area contributed by atoms with E-state index in [0.29, 0.717) is 28.8 Å². The fourth-order valence-corrected chi connectivity index (χ4v) is 3.10. The van der Waals surface area contributed by atoms with Crippen LogP contribution in [0.1, 0.15) is 46.1 Å². The lowest BCUT2D eigenvalue weighted by Crippen LogP contribution is -2.27. The predicted octanol–water partition coefficient (Wildman–Crippen LogP) is 4.91. The summed E-state index contributed by atoms with van der Waals surface area (Å²) in [6.45, 7) is -0.148. The van der Waals surface area contributed by atoms with Crippen molar-refractivity contribution in [2.24, 2.45) is 0 Å². The summed E-state index contributed by atoms with van der Waals surface area (Å²) >= 11 is 0. The zero-order valence-electron chi connectivity index (χ0n) is 15.6. The number of hydrogen-bond acceptors (Lipinski definition) is 4. The standard InChI is InChI=1S/C21H18F3N3O2/c1-27(12-16-4-2-3-5-17(16)21(22,23)24)20(28)15-10-8-14(9-11-15)19-25-18(26-29-19)13-6-7-13/h2-5,8-11,13H,6-7,12H2,1H3. The normalized spacial score (nSPS) is 14.1. The first kappa shape index (κ1) is 19.2. The van der Waals surface area contributed by atoms with Crippen molar-refractivity contribution in [2.75, 3.05) is 7.05 Å². The molecule has 150 valence electrons. The van der Waals surface area contributed by atoms with Gasteiger partial charge in [-0.15, -0.1) is 0 Å². The molecule has 5 nitrogen and oxygen atoms in total. The van der Waals surface area contributed by atoms with Crippen molar-refractivity contribution >= 4 is 5.91 Å². The Labute approximate surface area is 165 Å². The van der Waals surface area contributed by atoms with E-state index in [-0.39, 0.29) is 18.0 Å². The molecular formula is C21H18F3N3O2. The van der Waals surface area contributed by atoms with Crippen molar-refractivity contribution in [3.8, 4) is 11.5 Å². The van der Waals surface area contributed by atoms with Crippen LogP contribution in [0.5, 0.6) is 0 Å². The summed E-state index contributed by atoms with van der Waals surface area (Å²) in [7, 11) is 1.48. The Balaban J connectivity index is 1.48. The summed E-state index contributed by atoms with van der Waals surface area (Å²) in [6.07, 6.45) is -2.34. The highest BCUT2D eigenvalue weighted by atomic mass is 19.4. The molecule has 0 unspecified atom stereocenters. The van der Waals surface area contributed by atoms with Crippen molar-refractivity contribution < 1.29 is 22.5 Å². The number of amides is 1. The van der Waals surface area contributed by atoms with E-state index < -0.39 is 11.7 Å². The highest BCUT2D eigenvalue weighted by molar-refractivity contribution is 5.94. The fraction of sp³-hybridized carbons (Fsp3) is 0.286. The van der Waals surface area contributed by atoms with Crippen molar-refractivity contribution in [2.45, 2.75) is 31.5 Å². The first-order chi connectivity index (χ1) is 13.8. The molecule has 0 bridgehead atoms. The monoisotopic (exact) mass is 401 g/mol. The van der Waals surface area contributed by atoms with Gasteiger partial charge in [-0.1, -0.05) is 23.4 Å². The Kier molecular flexibility index (Phi) is 4.86. The summed E-state index contributed by atoms with van der Waals surface area (Å²) in [5.41, 5.74) is 0.359. The summed E-state index contributed by atoms with van der Waals surface area (Å²) in [4.78, 5) is 18.3. The number of halogens is 3. The van der Waals surface area contributed by atoms with Gasteiger partial charge in [0.05, 0.1) is 5.56 Å². The molecule has 3 aromatic rings. The minimum atomic E-state index is -4.47. The largest absolute Gasteiger partial charge is 0.416 e. The summed E-state index contributed by atoms with van der Waals surface area (Å²) in [5.74, 6) is 1.08. The first-order valence-electron chi connectivity index (χ1n) is 9.17. The average Bonchev–Trinajstić information content (AvgIpc) is 3.44. The van der Waals surface area contributed by atoms with Crippen LogP contribution in [-0.4, -0.2) is 28.0 Å². The fourth-order valence-electron chi connectivity index (χ4n) is 3.10. The van der Waals surface area contributed by atoms with E-state index in [4.69, 9.17) is 4.52 Å². The molecule has 1 saturated carbocycles. The molecule has 0 N–H and O–H groups in total. The number of rotatable bonds is 5. The maximum Gasteiger partial charge on any atom is 0.416 e. The molecule has 1 heterocycles. The molecule has 29 heavy (non-hydrogen) atoms. The van der Waals surface area contributed by atoms with Crippen LogP contribution in [0, 0.1) is 0 Å². The van der Waals surface area contributed by atoms with Gasteiger partial charge in [-0.3, -0.25) is 4.79 Å². The number of carbonyl (C=O) groups is 1. The SMILES string of the molecule is CN(Cc1ccccc1C(F)(F)F)C(=O)c1ccc(-c2nc(C3CC3)no2)cc1. The molecular weight excluding hydrogens is 383 g/mol. The topological polar surface area (TPSA) is 59.2 Å². The summed E-state index contributed by atoms with van der Waals surface area (Å²) in [5, 5.41) is 3.96. The second kappa shape index (κ2) is 7.35. The molecule has 1 amide bonds. The lowest BCUT2D eigenvalue weighted by atomic mass is 10.1.